The summed E-state index contributed by atoms with van der Waals surface area (Å²) < 4.78 is 5.76. The third-order valence-electron chi connectivity index (χ3n) is 2.74. The molecular formula is C10H21NO. The number of hydrogen-bond donors (Lipinski definition) is 1. The number of nitrogens with one attached hydrogen (secondary N) is 1. The van der Waals surface area contributed by atoms with Gasteiger partial charge in [-0.2, -0.15) is 0 Å². The van der Waals surface area contributed by atoms with E-state index in [9.17, 15) is 0 Å². The zero-order chi connectivity index (χ0) is 9.03. The molecule has 72 valence electrons. The van der Waals surface area contributed by atoms with Crippen LogP contribution in [-0.4, -0.2) is 25.3 Å². The van der Waals surface area contributed by atoms with Gasteiger partial charge >= 0.3 is 0 Å². The van der Waals surface area contributed by atoms with Gasteiger partial charge in [0.15, 0.2) is 0 Å². The maximum atomic E-state index is 5.76. The highest BCUT2D eigenvalue weighted by Gasteiger charge is 2.19. The van der Waals surface area contributed by atoms with E-state index >= 15 is 0 Å². The molecule has 0 spiro atoms. The van der Waals surface area contributed by atoms with Gasteiger partial charge in [-0.1, -0.05) is 6.92 Å². The Labute approximate surface area is 75.7 Å². The van der Waals surface area contributed by atoms with Crippen molar-refractivity contribution in [1.29, 1.82) is 0 Å². The van der Waals surface area contributed by atoms with Crippen LogP contribution in [0.25, 0.3) is 0 Å². The van der Waals surface area contributed by atoms with Gasteiger partial charge in [0.1, 0.15) is 0 Å². The van der Waals surface area contributed by atoms with Gasteiger partial charge in [-0.3, -0.25) is 0 Å². The van der Waals surface area contributed by atoms with Crippen LogP contribution in [0.4, 0.5) is 0 Å². The Morgan fingerprint density at radius 2 is 2.08 bits per heavy atom. The summed E-state index contributed by atoms with van der Waals surface area (Å²) in [4.78, 5) is 0. The molecule has 0 aromatic carbocycles. The fourth-order valence-electron chi connectivity index (χ4n) is 1.16. The van der Waals surface area contributed by atoms with Crippen molar-refractivity contribution in [2.24, 2.45) is 5.92 Å². The summed E-state index contributed by atoms with van der Waals surface area (Å²) in [6.45, 7) is 9.79. The molecule has 12 heavy (non-hydrogen) atoms. The minimum Gasteiger partial charge on any atom is -0.376 e. The minimum absolute atomic E-state index is 0.0805. The van der Waals surface area contributed by atoms with Gasteiger partial charge in [-0.25, -0.2) is 0 Å². The average molecular weight is 171 g/mol. The van der Waals surface area contributed by atoms with E-state index in [1.165, 1.54) is 19.5 Å². The molecule has 1 fully saturated rings. The van der Waals surface area contributed by atoms with Crippen molar-refractivity contribution in [2.45, 2.75) is 39.2 Å². The van der Waals surface area contributed by atoms with Gasteiger partial charge in [0, 0.05) is 6.61 Å². The largest absolute Gasteiger partial charge is 0.376 e. The first-order valence-corrected chi connectivity index (χ1v) is 4.99. The Bertz CT molecular complexity index is 130. The van der Waals surface area contributed by atoms with Crippen LogP contribution < -0.4 is 5.32 Å². The van der Waals surface area contributed by atoms with Crippen LogP contribution in [0.5, 0.6) is 0 Å². The van der Waals surface area contributed by atoms with Crippen LogP contribution >= 0.6 is 0 Å². The molecule has 0 unspecified atom stereocenters. The van der Waals surface area contributed by atoms with Gasteiger partial charge in [0.2, 0.25) is 0 Å². The highest BCUT2D eigenvalue weighted by molar-refractivity contribution is 4.74. The minimum atomic E-state index is 0.0805. The van der Waals surface area contributed by atoms with Gasteiger partial charge < -0.3 is 10.1 Å². The Morgan fingerprint density at radius 3 is 2.50 bits per heavy atom. The van der Waals surface area contributed by atoms with Gasteiger partial charge in [0.25, 0.3) is 0 Å². The van der Waals surface area contributed by atoms with Gasteiger partial charge in [-0.15, -0.1) is 0 Å². The van der Waals surface area contributed by atoms with E-state index in [2.05, 4.69) is 26.1 Å². The lowest BCUT2D eigenvalue weighted by Crippen LogP contribution is -2.42. The van der Waals surface area contributed by atoms with Crippen LogP contribution in [0.15, 0.2) is 0 Å². The fraction of sp³-hybridized carbons (Fsp3) is 1.00. The third kappa shape index (κ3) is 3.11. The maximum Gasteiger partial charge on any atom is 0.0623 e. The number of rotatable bonds is 5. The molecule has 1 rings (SSSR count). The second kappa shape index (κ2) is 4.24. The fourth-order valence-corrected chi connectivity index (χ4v) is 1.16. The van der Waals surface area contributed by atoms with Crippen LogP contribution in [-0.2, 0) is 4.74 Å². The van der Waals surface area contributed by atoms with E-state index in [-0.39, 0.29) is 5.60 Å². The van der Waals surface area contributed by atoms with E-state index in [4.69, 9.17) is 4.74 Å². The van der Waals surface area contributed by atoms with Crippen molar-refractivity contribution >= 4 is 0 Å². The molecule has 0 amide bonds. The normalized spacial score (nSPS) is 19.2. The molecule has 0 bridgehead atoms. The highest BCUT2D eigenvalue weighted by Crippen LogP contribution is 2.16. The van der Waals surface area contributed by atoms with Crippen molar-refractivity contribution < 1.29 is 4.74 Å². The smallest absolute Gasteiger partial charge is 0.0623 e. The average Bonchev–Trinajstić information content (AvgIpc) is 1.95. The van der Waals surface area contributed by atoms with Crippen molar-refractivity contribution in [3.05, 3.63) is 0 Å². The summed E-state index contributed by atoms with van der Waals surface area (Å²) in [5, 5.41) is 3.27. The molecule has 0 aromatic rings. The summed E-state index contributed by atoms with van der Waals surface area (Å²) in [5.41, 5.74) is 0.0805. The van der Waals surface area contributed by atoms with E-state index in [0.717, 1.165) is 18.9 Å². The molecule has 1 N–H and O–H groups in total. The quantitative estimate of drug-likeness (QED) is 0.681. The molecule has 0 radical (unpaired) electrons. The zero-order valence-electron chi connectivity index (χ0n) is 8.52. The Kier molecular flexibility index (Phi) is 3.53. The molecular weight excluding hydrogens is 150 g/mol. The van der Waals surface area contributed by atoms with Crippen molar-refractivity contribution in [3.63, 3.8) is 0 Å². The molecule has 1 heterocycles. The van der Waals surface area contributed by atoms with Crippen molar-refractivity contribution in [2.75, 3.05) is 19.7 Å². The first kappa shape index (κ1) is 10.0. The van der Waals surface area contributed by atoms with Gasteiger partial charge in [0.05, 0.1) is 5.60 Å². The Hall–Kier alpha value is -0.0800. The lowest BCUT2D eigenvalue weighted by atomic mass is 10.00. The second-order valence-corrected chi connectivity index (χ2v) is 4.27. The van der Waals surface area contributed by atoms with E-state index in [0.29, 0.717) is 0 Å². The summed E-state index contributed by atoms with van der Waals surface area (Å²) >= 11 is 0. The first-order valence-electron chi connectivity index (χ1n) is 4.99. The Morgan fingerprint density at radius 1 is 1.42 bits per heavy atom. The third-order valence-corrected chi connectivity index (χ3v) is 2.74. The Balaban J connectivity index is 2.00. The highest BCUT2D eigenvalue weighted by atomic mass is 16.5. The van der Waals surface area contributed by atoms with E-state index in [1.807, 2.05) is 0 Å². The maximum absolute atomic E-state index is 5.76. The number of hydrogen-bond acceptors (Lipinski definition) is 2. The summed E-state index contributed by atoms with van der Waals surface area (Å²) in [5.74, 6) is 0.873. The molecule has 0 atom stereocenters. The van der Waals surface area contributed by atoms with E-state index < -0.39 is 0 Å². The van der Waals surface area contributed by atoms with Crippen LogP contribution in [0.2, 0.25) is 0 Å². The van der Waals surface area contributed by atoms with Crippen LogP contribution in [0.3, 0.4) is 0 Å². The molecule has 1 aliphatic heterocycles. The standard InChI is InChI=1S/C10H21NO/c1-4-10(2,3)12-6-5-9-7-11-8-9/h9,11H,4-8H2,1-3H3. The molecule has 0 saturated carbocycles. The number of ether oxygens (including phenoxy) is 1. The molecule has 2 nitrogen and oxygen atoms in total. The molecule has 0 aromatic heterocycles. The molecule has 0 aliphatic carbocycles. The van der Waals surface area contributed by atoms with Crippen LogP contribution in [0, 0.1) is 5.92 Å². The second-order valence-electron chi connectivity index (χ2n) is 4.27. The molecule has 2 heteroatoms. The lowest BCUT2D eigenvalue weighted by molar-refractivity contribution is -0.0278. The predicted molar refractivity (Wildman–Crippen MR) is 51.3 cm³/mol. The molecule has 1 saturated heterocycles. The summed E-state index contributed by atoms with van der Waals surface area (Å²) in [6, 6.07) is 0. The van der Waals surface area contributed by atoms with Crippen molar-refractivity contribution in [1.82, 2.24) is 5.32 Å². The van der Waals surface area contributed by atoms with Crippen molar-refractivity contribution in [3.8, 4) is 0 Å². The molecule has 1 aliphatic rings. The van der Waals surface area contributed by atoms with Crippen LogP contribution in [0.1, 0.15) is 33.6 Å². The lowest BCUT2D eigenvalue weighted by Gasteiger charge is -2.29. The monoisotopic (exact) mass is 171 g/mol. The SMILES string of the molecule is CCC(C)(C)OCCC1CNC1. The zero-order valence-corrected chi connectivity index (χ0v) is 8.52. The van der Waals surface area contributed by atoms with Gasteiger partial charge in [-0.05, 0) is 45.7 Å². The summed E-state index contributed by atoms with van der Waals surface area (Å²) in [6.07, 6.45) is 2.31. The topological polar surface area (TPSA) is 21.3 Å². The predicted octanol–water partition coefficient (Wildman–Crippen LogP) is 1.80. The first-order chi connectivity index (χ1) is 5.64. The van der Waals surface area contributed by atoms with E-state index in [1.54, 1.807) is 0 Å². The summed E-state index contributed by atoms with van der Waals surface area (Å²) in [7, 11) is 0.